The number of thiophene rings is 1. The van der Waals surface area contributed by atoms with Gasteiger partial charge in [-0.3, -0.25) is 4.79 Å². The molecule has 114 valence electrons. The number of aryl methyl sites for hydroxylation is 1. The zero-order valence-corrected chi connectivity index (χ0v) is 12.7. The second kappa shape index (κ2) is 6.15. The highest BCUT2D eigenvalue weighted by Crippen LogP contribution is 2.34. The van der Waals surface area contributed by atoms with Gasteiger partial charge in [-0.05, 0) is 30.3 Å². The zero-order chi connectivity index (χ0) is 15.6. The first-order valence-corrected chi connectivity index (χ1v) is 7.85. The summed E-state index contributed by atoms with van der Waals surface area (Å²) in [6.07, 6.45) is 0. The van der Waals surface area contributed by atoms with Crippen molar-refractivity contribution in [2.45, 2.75) is 12.4 Å². The van der Waals surface area contributed by atoms with Crippen LogP contribution in [0.15, 0.2) is 18.2 Å². The van der Waals surface area contributed by atoms with E-state index in [2.05, 4.69) is 5.32 Å². The lowest BCUT2D eigenvalue weighted by Crippen LogP contribution is -2.26. The first-order valence-electron chi connectivity index (χ1n) is 6.05. The number of hydrogen-bond acceptors (Lipinski definition) is 4. The molecule has 0 aliphatic heterocycles. The molecule has 0 spiro atoms. The van der Waals surface area contributed by atoms with Crippen molar-refractivity contribution in [1.29, 1.82) is 0 Å². The molecule has 0 saturated carbocycles. The summed E-state index contributed by atoms with van der Waals surface area (Å²) < 4.78 is 36.8. The van der Waals surface area contributed by atoms with Gasteiger partial charge in [0.2, 0.25) is 0 Å². The number of alkyl halides is 3. The number of nitrogens with two attached hydrogens (primary N) is 1. The van der Waals surface area contributed by atoms with Gasteiger partial charge in [0.05, 0.1) is 5.69 Å². The van der Waals surface area contributed by atoms with Crippen LogP contribution in [-0.2, 0) is 0 Å². The normalized spacial score (nSPS) is 11.8. The summed E-state index contributed by atoms with van der Waals surface area (Å²) in [5.74, 6) is -0.659. The standard InChI is InChI=1S/C13H13F3N2OS2/c1-7-2-3-8-9(6-7)21-11(10(8)17)12(19)18-4-5-20-13(14,15)16/h2-3,6H,4-5,17H2,1H3,(H,18,19). The van der Waals surface area contributed by atoms with Gasteiger partial charge in [-0.2, -0.15) is 13.2 Å². The number of thioether (sulfide) groups is 1. The fraction of sp³-hybridized carbons (Fsp3) is 0.308. The zero-order valence-electron chi connectivity index (χ0n) is 11.1. The van der Waals surface area contributed by atoms with E-state index < -0.39 is 11.4 Å². The van der Waals surface area contributed by atoms with Crippen LogP contribution in [0.5, 0.6) is 0 Å². The van der Waals surface area contributed by atoms with E-state index in [1.807, 2.05) is 25.1 Å². The minimum absolute atomic E-state index is 0.0598. The summed E-state index contributed by atoms with van der Waals surface area (Å²) in [4.78, 5) is 12.3. The van der Waals surface area contributed by atoms with Gasteiger partial charge in [0.1, 0.15) is 4.88 Å². The lowest BCUT2D eigenvalue weighted by molar-refractivity contribution is -0.0327. The van der Waals surface area contributed by atoms with Crippen molar-refractivity contribution in [1.82, 2.24) is 5.32 Å². The van der Waals surface area contributed by atoms with E-state index in [1.54, 1.807) is 0 Å². The Labute approximate surface area is 127 Å². The third-order valence-electron chi connectivity index (χ3n) is 2.74. The number of hydrogen-bond donors (Lipinski definition) is 2. The predicted molar refractivity (Wildman–Crippen MR) is 81.8 cm³/mol. The van der Waals surface area contributed by atoms with Crippen LogP contribution in [0, 0.1) is 6.92 Å². The van der Waals surface area contributed by atoms with Crippen molar-refractivity contribution < 1.29 is 18.0 Å². The Balaban J connectivity index is 2.04. The lowest BCUT2D eigenvalue weighted by Gasteiger charge is -2.06. The predicted octanol–water partition coefficient (Wildman–Crippen LogP) is 3.77. The molecule has 1 heterocycles. The molecule has 1 aromatic heterocycles. The Morgan fingerprint density at radius 3 is 2.81 bits per heavy atom. The molecular weight excluding hydrogens is 321 g/mol. The Bertz CT molecular complexity index is 667. The molecule has 0 unspecified atom stereocenters. The van der Waals surface area contributed by atoms with Crippen molar-refractivity contribution in [2.24, 2.45) is 0 Å². The molecule has 3 nitrogen and oxygen atoms in total. The molecule has 0 radical (unpaired) electrons. The Morgan fingerprint density at radius 2 is 2.14 bits per heavy atom. The van der Waals surface area contributed by atoms with E-state index in [-0.39, 0.29) is 24.1 Å². The average molecular weight is 334 g/mol. The minimum atomic E-state index is -4.28. The first kappa shape index (κ1) is 16.0. The van der Waals surface area contributed by atoms with E-state index in [4.69, 9.17) is 5.73 Å². The molecule has 1 aromatic carbocycles. The maximum atomic E-state index is 12.0. The number of nitrogen functional groups attached to an aromatic ring is 1. The molecule has 2 rings (SSSR count). The Hall–Kier alpha value is -1.41. The third kappa shape index (κ3) is 4.04. The van der Waals surface area contributed by atoms with Gasteiger partial charge in [0.25, 0.3) is 5.91 Å². The molecular formula is C13H13F3N2OS2. The van der Waals surface area contributed by atoms with E-state index >= 15 is 0 Å². The monoisotopic (exact) mass is 334 g/mol. The summed E-state index contributed by atoms with van der Waals surface area (Å²) in [6, 6.07) is 5.66. The highest BCUT2D eigenvalue weighted by Gasteiger charge is 2.27. The van der Waals surface area contributed by atoms with E-state index in [9.17, 15) is 18.0 Å². The van der Waals surface area contributed by atoms with Crippen LogP contribution in [0.3, 0.4) is 0 Å². The molecule has 0 fully saturated rings. The van der Waals surface area contributed by atoms with Crippen LogP contribution in [0.1, 0.15) is 15.2 Å². The van der Waals surface area contributed by atoms with Gasteiger partial charge in [0.15, 0.2) is 0 Å². The lowest BCUT2D eigenvalue weighted by atomic mass is 10.1. The number of rotatable bonds is 4. The molecule has 1 amide bonds. The molecule has 8 heteroatoms. The highest BCUT2D eigenvalue weighted by atomic mass is 32.2. The molecule has 2 aromatic rings. The van der Waals surface area contributed by atoms with Crippen LogP contribution in [0.2, 0.25) is 0 Å². The number of benzene rings is 1. The summed E-state index contributed by atoms with van der Waals surface area (Å²) in [5, 5.41) is 3.25. The maximum Gasteiger partial charge on any atom is 0.441 e. The topological polar surface area (TPSA) is 55.1 Å². The number of carbonyl (C=O) groups is 1. The molecule has 0 aliphatic carbocycles. The van der Waals surface area contributed by atoms with Gasteiger partial charge >= 0.3 is 5.51 Å². The number of fused-ring (bicyclic) bond motifs is 1. The van der Waals surface area contributed by atoms with Gasteiger partial charge in [-0.15, -0.1) is 11.3 Å². The SMILES string of the molecule is Cc1ccc2c(N)c(C(=O)NCCSC(F)(F)F)sc2c1. The third-order valence-corrected chi connectivity index (χ3v) is 4.65. The average Bonchev–Trinajstić information content (AvgIpc) is 2.70. The fourth-order valence-electron chi connectivity index (χ4n) is 1.80. The van der Waals surface area contributed by atoms with Crippen LogP contribution >= 0.6 is 23.1 Å². The van der Waals surface area contributed by atoms with Gasteiger partial charge in [-0.25, -0.2) is 0 Å². The highest BCUT2D eigenvalue weighted by molar-refractivity contribution is 8.00. The van der Waals surface area contributed by atoms with Gasteiger partial charge in [-0.1, -0.05) is 12.1 Å². The van der Waals surface area contributed by atoms with Crippen molar-refractivity contribution in [2.75, 3.05) is 18.0 Å². The van der Waals surface area contributed by atoms with Crippen LogP contribution in [-0.4, -0.2) is 23.7 Å². The summed E-state index contributed by atoms with van der Waals surface area (Å²) in [5.41, 5.74) is 3.07. The van der Waals surface area contributed by atoms with Crippen molar-refractivity contribution in [3.8, 4) is 0 Å². The first-order chi connectivity index (χ1) is 9.78. The molecule has 0 bridgehead atoms. The number of carbonyl (C=O) groups excluding carboxylic acids is 1. The molecule has 21 heavy (non-hydrogen) atoms. The second-order valence-electron chi connectivity index (χ2n) is 4.39. The van der Waals surface area contributed by atoms with Crippen molar-refractivity contribution in [3.05, 3.63) is 28.6 Å². The number of anilines is 1. The summed E-state index contributed by atoms with van der Waals surface area (Å²) >= 11 is 1.08. The van der Waals surface area contributed by atoms with Gasteiger partial charge in [0, 0.05) is 22.4 Å². The molecule has 0 atom stereocenters. The minimum Gasteiger partial charge on any atom is -0.397 e. The van der Waals surface area contributed by atoms with E-state index in [0.717, 1.165) is 15.6 Å². The van der Waals surface area contributed by atoms with Crippen LogP contribution < -0.4 is 11.1 Å². The Kier molecular flexibility index (Phi) is 4.67. The van der Waals surface area contributed by atoms with Crippen LogP contribution in [0.4, 0.5) is 18.9 Å². The summed E-state index contributed by atoms with van der Waals surface area (Å²) in [6.45, 7) is 1.87. The molecule has 3 N–H and O–H groups in total. The van der Waals surface area contributed by atoms with Crippen molar-refractivity contribution in [3.63, 3.8) is 0 Å². The molecule has 0 aliphatic rings. The number of amides is 1. The van der Waals surface area contributed by atoms with Crippen LogP contribution in [0.25, 0.3) is 10.1 Å². The largest absolute Gasteiger partial charge is 0.441 e. The van der Waals surface area contributed by atoms with Crippen molar-refractivity contribution >= 4 is 44.8 Å². The Morgan fingerprint density at radius 1 is 1.43 bits per heavy atom. The van der Waals surface area contributed by atoms with Gasteiger partial charge < -0.3 is 11.1 Å². The summed E-state index contributed by atoms with van der Waals surface area (Å²) in [7, 11) is 0. The second-order valence-corrected chi connectivity index (χ2v) is 6.61. The van der Waals surface area contributed by atoms with E-state index in [0.29, 0.717) is 10.6 Å². The number of halogens is 3. The smallest absolute Gasteiger partial charge is 0.397 e. The quantitative estimate of drug-likeness (QED) is 0.837. The maximum absolute atomic E-state index is 12.0. The molecule has 0 saturated heterocycles. The van der Waals surface area contributed by atoms with E-state index in [1.165, 1.54) is 11.3 Å². The number of nitrogens with one attached hydrogen (secondary N) is 1. The fourth-order valence-corrected chi connectivity index (χ4v) is 3.38.